The van der Waals surface area contributed by atoms with Gasteiger partial charge in [-0.1, -0.05) is 12.1 Å². The Bertz CT molecular complexity index is 555. The van der Waals surface area contributed by atoms with Gasteiger partial charge in [0.25, 0.3) is 0 Å². The molecule has 0 radical (unpaired) electrons. The predicted octanol–water partition coefficient (Wildman–Crippen LogP) is 3.54. The molecule has 1 aromatic heterocycles. The molecule has 100 valence electrons. The maximum atomic E-state index is 13.4. The lowest BCUT2D eigenvalue weighted by atomic mass is 10.1. The number of pyridine rings is 1. The van der Waals surface area contributed by atoms with Crippen LogP contribution in [0.4, 0.5) is 19.0 Å². The summed E-state index contributed by atoms with van der Waals surface area (Å²) in [5.74, 6) is -1.73. The Balaban J connectivity index is 2.01. The number of halogens is 3. The Morgan fingerprint density at radius 1 is 1.11 bits per heavy atom. The van der Waals surface area contributed by atoms with Crippen LogP contribution in [0.15, 0.2) is 36.5 Å². The molecule has 0 saturated carbocycles. The fraction of sp³-hybridized carbons (Fsp3) is 0.214. The third kappa shape index (κ3) is 3.71. The van der Waals surface area contributed by atoms with Crippen LogP contribution in [0.25, 0.3) is 0 Å². The summed E-state index contributed by atoms with van der Waals surface area (Å²) in [5, 5.41) is 2.85. The Kier molecular flexibility index (Phi) is 4.04. The predicted molar refractivity (Wildman–Crippen MR) is 67.3 cm³/mol. The second kappa shape index (κ2) is 5.73. The fourth-order valence-electron chi connectivity index (χ4n) is 1.78. The average molecular weight is 266 g/mol. The molecule has 1 unspecified atom stereocenters. The first kappa shape index (κ1) is 13.4. The van der Waals surface area contributed by atoms with E-state index in [1.165, 1.54) is 12.1 Å². The first-order valence-corrected chi connectivity index (χ1v) is 5.86. The third-order valence-electron chi connectivity index (χ3n) is 2.65. The van der Waals surface area contributed by atoms with Crippen LogP contribution in [-0.4, -0.2) is 11.0 Å². The molecule has 0 bridgehead atoms. The molecule has 0 aliphatic heterocycles. The molecule has 0 spiro atoms. The first-order valence-electron chi connectivity index (χ1n) is 5.86. The lowest BCUT2D eigenvalue weighted by Gasteiger charge is -2.15. The molecular formula is C14H13F3N2. The summed E-state index contributed by atoms with van der Waals surface area (Å²) in [6.07, 6.45) is 1.54. The van der Waals surface area contributed by atoms with E-state index in [0.717, 1.165) is 17.8 Å². The minimum atomic E-state index is -0.731. The summed E-state index contributed by atoms with van der Waals surface area (Å²) >= 11 is 0. The maximum absolute atomic E-state index is 13.4. The van der Waals surface area contributed by atoms with E-state index in [0.29, 0.717) is 6.42 Å². The highest BCUT2D eigenvalue weighted by molar-refractivity contribution is 5.37. The summed E-state index contributed by atoms with van der Waals surface area (Å²) in [6, 6.07) is 6.75. The van der Waals surface area contributed by atoms with Gasteiger partial charge in [-0.05, 0) is 31.0 Å². The van der Waals surface area contributed by atoms with Crippen LogP contribution in [0.3, 0.4) is 0 Å². The van der Waals surface area contributed by atoms with Crippen LogP contribution in [0.1, 0.15) is 12.5 Å². The number of hydrogen-bond donors (Lipinski definition) is 1. The van der Waals surface area contributed by atoms with Gasteiger partial charge in [-0.3, -0.25) is 0 Å². The van der Waals surface area contributed by atoms with Crippen molar-refractivity contribution in [2.75, 3.05) is 5.32 Å². The first-order chi connectivity index (χ1) is 9.04. The molecule has 1 heterocycles. The Morgan fingerprint density at radius 2 is 1.79 bits per heavy atom. The molecule has 0 fully saturated rings. The second-order valence-corrected chi connectivity index (χ2v) is 4.36. The van der Waals surface area contributed by atoms with Gasteiger partial charge in [-0.25, -0.2) is 18.2 Å². The van der Waals surface area contributed by atoms with Crippen LogP contribution in [-0.2, 0) is 6.42 Å². The number of benzene rings is 1. The van der Waals surface area contributed by atoms with Crippen molar-refractivity contribution in [2.24, 2.45) is 0 Å². The van der Waals surface area contributed by atoms with Crippen molar-refractivity contribution in [3.63, 3.8) is 0 Å². The van der Waals surface area contributed by atoms with Crippen molar-refractivity contribution < 1.29 is 13.2 Å². The minimum absolute atomic E-state index is 0.0102. The van der Waals surface area contributed by atoms with Crippen molar-refractivity contribution >= 4 is 5.82 Å². The molecule has 2 nitrogen and oxygen atoms in total. The average Bonchev–Trinajstić information content (AvgIpc) is 2.36. The highest BCUT2D eigenvalue weighted by Crippen LogP contribution is 2.14. The Morgan fingerprint density at radius 3 is 2.42 bits per heavy atom. The molecule has 2 rings (SSSR count). The molecular weight excluding hydrogens is 253 g/mol. The van der Waals surface area contributed by atoms with Crippen LogP contribution in [0, 0.1) is 17.5 Å². The largest absolute Gasteiger partial charge is 0.365 e. The van der Waals surface area contributed by atoms with Gasteiger partial charge in [0, 0.05) is 12.1 Å². The maximum Gasteiger partial charge on any atom is 0.168 e. The number of nitrogens with zero attached hydrogens (tertiary/aromatic N) is 1. The van der Waals surface area contributed by atoms with E-state index in [1.54, 1.807) is 12.1 Å². The highest BCUT2D eigenvalue weighted by atomic mass is 19.1. The fourth-order valence-corrected chi connectivity index (χ4v) is 1.78. The summed E-state index contributed by atoms with van der Waals surface area (Å²) in [4.78, 5) is 3.65. The number of rotatable bonds is 4. The van der Waals surface area contributed by atoms with Crippen LogP contribution in [0.5, 0.6) is 0 Å². The molecule has 0 amide bonds. The number of nitrogens with one attached hydrogen (secondary N) is 1. The number of hydrogen-bond acceptors (Lipinski definition) is 2. The zero-order chi connectivity index (χ0) is 13.8. The van der Waals surface area contributed by atoms with Gasteiger partial charge in [0.2, 0.25) is 0 Å². The molecule has 1 atom stereocenters. The molecule has 0 aliphatic rings. The van der Waals surface area contributed by atoms with E-state index in [1.807, 2.05) is 6.92 Å². The number of aromatic nitrogens is 1. The lowest BCUT2D eigenvalue weighted by molar-refractivity contribution is 0.573. The van der Waals surface area contributed by atoms with E-state index in [4.69, 9.17) is 0 Å². The standard InChI is InChI=1S/C14H13F3N2/c1-9(6-10-2-4-11(15)5-3-10)19-14-13(17)7-12(16)8-18-14/h2-5,7-9H,6H2,1H3,(H,18,19). The molecule has 0 saturated heterocycles. The lowest BCUT2D eigenvalue weighted by Crippen LogP contribution is -2.19. The SMILES string of the molecule is CC(Cc1ccc(F)cc1)Nc1ncc(F)cc1F. The molecule has 19 heavy (non-hydrogen) atoms. The quantitative estimate of drug-likeness (QED) is 0.915. The molecule has 5 heteroatoms. The van der Waals surface area contributed by atoms with Gasteiger partial charge in [-0.2, -0.15) is 0 Å². The van der Waals surface area contributed by atoms with Crippen molar-refractivity contribution in [1.29, 1.82) is 0 Å². The topological polar surface area (TPSA) is 24.9 Å². The second-order valence-electron chi connectivity index (χ2n) is 4.36. The van der Waals surface area contributed by atoms with Crippen molar-refractivity contribution in [2.45, 2.75) is 19.4 Å². The van der Waals surface area contributed by atoms with E-state index in [9.17, 15) is 13.2 Å². The molecule has 1 aromatic carbocycles. The number of anilines is 1. The van der Waals surface area contributed by atoms with Crippen molar-refractivity contribution in [3.05, 3.63) is 59.5 Å². The van der Waals surface area contributed by atoms with E-state index < -0.39 is 11.6 Å². The minimum Gasteiger partial charge on any atom is -0.365 e. The van der Waals surface area contributed by atoms with Crippen LogP contribution in [0.2, 0.25) is 0 Å². The Hall–Kier alpha value is -2.04. The third-order valence-corrected chi connectivity index (χ3v) is 2.65. The zero-order valence-electron chi connectivity index (χ0n) is 10.3. The highest BCUT2D eigenvalue weighted by Gasteiger charge is 2.09. The normalized spacial score (nSPS) is 12.2. The van der Waals surface area contributed by atoms with Crippen LogP contribution < -0.4 is 5.32 Å². The van der Waals surface area contributed by atoms with Gasteiger partial charge >= 0.3 is 0 Å². The van der Waals surface area contributed by atoms with Gasteiger partial charge < -0.3 is 5.32 Å². The van der Waals surface area contributed by atoms with E-state index >= 15 is 0 Å². The van der Waals surface area contributed by atoms with E-state index in [2.05, 4.69) is 10.3 Å². The summed E-state index contributed by atoms with van der Waals surface area (Å²) in [6.45, 7) is 1.84. The van der Waals surface area contributed by atoms with Gasteiger partial charge in [0.1, 0.15) is 11.6 Å². The van der Waals surface area contributed by atoms with Gasteiger partial charge in [0.05, 0.1) is 6.20 Å². The summed E-state index contributed by atoms with van der Waals surface area (Å²) < 4.78 is 38.8. The smallest absolute Gasteiger partial charge is 0.168 e. The monoisotopic (exact) mass is 266 g/mol. The van der Waals surface area contributed by atoms with E-state index in [-0.39, 0.29) is 17.7 Å². The van der Waals surface area contributed by atoms with Crippen LogP contribution >= 0.6 is 0 Å². The summed E-state index contributed by atoms with van der Waals surface area (Å²) in [5.41, 5.74) is 0.920. The molecule has 2 aromatic rings. The van der Waals surface area contributed by atoms with Gasteiger partial charge in [0.15, 0.2) is 11.6 Å². The zero-order valence-corrected chi connectivity index (χ0v) is 10.3. The Labute approximate surface area is 109 Å². The van der Waals surface area contributed by atoms with Crippen molar-refractivity contribution in [3.8, 4) is 0 Å². The van der Waals surface area contributed by atoms with Crippen molar-refractivity contribution in [1.82, 2.24) is 4.98 Å². The van der Waals surface area contributed by atoms with Gasteiger partial charge in [-0.15, -0.1) is 0 Å². The molecule has 1 N–H and O–H groups in total. The molecule has 0 aliphatic carbocycles. The summed E-state index contributed by atoms with van der Waals surface area (Å²) in [7, 11) is 0.